The molecule has 1 fully saturated rings. The molecule has 0 saturated heterocycles. The van der Waals surface area contributed by atoms with Crippen molar-refractivity contribution in [3.05, 3.63) is 35.9 Å². The van der Waals surface area contributed by atoms with Crippen molar-refractivity contribution in [2.24, 2.45) is 11.8 Å². The van der Waals surface area contributed by atoms with Crippen LogP contribution in [0.15, 0.2) is 30.3 Å². The van der Waals surface area contributed by atoms with Gasteiger partial charge in [0.2, 0.25) is 0 Å². The summed E-state index contributed by atoms with van der Waals surface area (Å²) in [6.45, 7) is 4.58. The molecule has 0 aliphatic heterocycles. The van der Waals surface area contributed by atoms with Crippen LogP contribution in [-0.4, -0.2) is 11.0 Å². The molecule has 1 N–H and O–H groups in total. The number of pyridine rings is 1. The van der Waals surface area contributed by atoms with Gasteiger partial charge >= 0.3 is 0 Å². The van der Waals surface area contributed by atoms with Gasteiger partial charge in [-0.25, -0.2) is 4.98 Å². The zero-order chi connectivity index (χ0) is 14.8. The van der Waals surface area contributed by atoms with E-state index < -0.39 is 0 Å². The summed E-state index contributed by atoms with van der Waals surface area (Å²) in [4.78, 5) is 4.68. The first-order chi connectivity index (χ1) is 10.2. The second-order valence-corrected chi connectivity index (χ2v) is 6.24. The Labute approximate surface area is 126 Å². The molecule has 1 aliphatic carbocycles. The van der Waals surface area contributed by atoms with Gasteiger partial charge in [-0.2, -0.15) is 5.26 Å². The third kappa shape index (κ3) is 2.71. The molecule has 1 heterocycles. The van der Waals surface area contributed by atoms with Gasteiger partial charge in [0.15, 0.2) is 0 Å². The highest BCUT2D eigenvalue weighted by molar-refractivity contribution is 5.82. The van der Waals surface area contributed by atoms with Gasteiger partial charge in [0.25, 0.3) is 0 Å². The predicted octanol–water partition coefficient (Wildman–Crippen LogP) is 4.34. The van der Waals surface area contributed by atoms with Gasteiger partial charge in [-0.05, 0) is 36.8 Å². The van der Waals surface area contributed by atoms with Crippen LogP contribution in [0.1, 0.15) is 38.7 Å². The molecular formula is C18H21N3. The molecule has 0 bridgehead atoms. The summed E-state index contributed by atoms with van der Waals surface area (Å²) in [7, 11) is 0. The summed E-state index contributed by atoms with van der Waals surface area (Å²) in [6, 6.07) is 12.6. The molecule has 2 atom stereocenters. The highest BCUT2D eigenvalue weighted by atomic mass is 15.0. The van der Waals surface area contributed by atoms with Crippen molar-refractivity contribution in [3.8, 4) is 6.07 Å². The molecule has 108 valence electrons. The Morgan fingerprint density at radius 1 is 1.19 bits per heavy atom. The van der Waals surface area contributed by atoms with E-state index >= 15 is 0 Å². The largest absolute Gasteiger partial charge is 0.366 e. The number of aromatic nitrogens is 1. The molecule has 1 saturated carbocycles. The van der Waals surface area contributed by atoms with Crippen molar-refractivity contribution in [2.45, 2.75) is 39.2 Å². The fraction of sp³-hybridized carbons (Fsp3) is 0.444. The summed E-state index contributed by atoms with van der Waals surface area (Å²) in [5, 5.41) is 14.0. The van der Waals surface area contributed by atoms with Gasteiger partial charge in [0.05, 0.1) is 11.1 Å². The summed E-state index contributed by atoms with van der Waals surface area (Å²) >= 11 is 0. The second-order valence-electron chi connectivity index (χ2n) is 6.24. The van der Waals surface area contributed by atoms with Crippen molar-refractivity contribution in [2.75, 3.05) is 5.32 Å². The van der Waals surface area contributed by atoms with Crippen molar-refractivity contribution < 1.29 is 0 Å². The topological polar surface area (TPSA) is 48.7 Å². The number of nitrogens with one attached hydrogen (secondary N) is 1. The fourth-order valence-electron chi connectivity index (χ4n) is 3.44. The SMILES string of the molecule is CC1CCCC(C)C1Nc1nc2ccccc2cc1C#N. The van der Waals surface area contributed by atoms with E-state index in [9.17, 15) is 5.26 Å². The Kier molecular flexibility index (Phi) is 3.79. The molecule has 3 rings (SSSR count). The number of para-hydroxylation sites is 1. The second kappa shape index (κ2) is 5.73. The predicted molar refractivity (Wildman–Crippen MR) is 86.0 cm³/mol. The summed E-state index contributed by atoms with van der Waals surface area (Å²) in [5.41, 5.74) is 1.58. The lowest BCUT2D eigenvalue weighted by atomic mass is 9.78. The zero-order valence-electron chi connectivity index (χ0n) is 12.6. The van der Waals surface area contributed by atoms with Crippen LogP contribution in [0, 0.1) is 23.2 Å². The van der Waals surface area contributed by atoms with Crippen LogP contribution >= 0.6 is 0 Å². The Morgan fingerprint density at radius 3 is 2.62 bits per heavy atom. The Balaban J connectivity index is 1.97. The van der Waals surface area contributed by atoms with Crippen LogP contribution in [0.5, 0.6) is 0 Å². The quantitative estimate of drug-likeness (QED) is 0.889. The van der Waals surface area contributed by atoms with E-state index in [0.29, 0.717) is 23.4 Å². The average molecular weight is 279 g/mol. The van der Waals surface area contributed by atoms with Crippen LogP contribution in [0.3, 0.4) is 0 Å². The van der Waals surface area contributed by atoms with E-state index in [1.165, 1.54) is 19.3 Å². The van der Waals surface area contributed by atoms with Crippen molar-refractivity contribution in [3.63, 3.8) is 0 Å². The standard InChI is InChI=1S/C18H21N3/c1-12-6-5-7-13(2)17(12)21-18-15(11-19)10-14-8-3-4-9-16(14)20-18/h3-4,8-10,12-13,17H,5-7H2,1-2H3,(H,20,21). The van der Waals surface area contributed by atoms with Crippen LogP contribution in [0.2, 0.25) is 0 Å². The number of nitrogens with zero attached hydrogens (tertiary/aromatic N) is 2. The molecule has 2 unspecified atom stereocenters. The van der Waals surface area contributed by atoms with E-state index in [1.54, 1.807) is 0 Å². The maximum Gasteiger partial charge on any atom is 0.144 e. The molecule has 3 heteroatoms. The highest BCUT2D eigenvalue weighted by Crippen LogP contribution is 2.32. The molecule has 1 aromatic carbocycles. The molecule has 0 spiro atoms. The number of benzene rings is 1. The van der Waals surface area contributed by atoms with Gasteiger partial charge in [-0.15, -0.1) is 0 Å². The van der Waals surface area contributed by atoms with Crippen LogP contribution in [0.4, 0.5) is 5.82 Å². The number of anilines is 1. The first-order valence-corrected chi connectivity index (χ1v) is 7.75. The molecule has 0 amide bonds. The molecular weight excluding hydrogens is 258 g/mol. The van der Waals surface area contributed by atoms with Crippen molar-refractivity contribution in [1.29, 1.82) is 5.26 Å². The summed E-state index contributed by atoms with van der Waals surface area (Å²) < 4.78 is 0. The first-order valence-electron chi connectivity index (χ1n) is 7.75. The fourth-order valence-corrected chi connectivity index (χ4v) is 3.44. The smallest absolute Gasteiger partial charge is 0.144 e. The Bertz CT molecular complexity index is 676. The molecule has 3 nitrogen and oxygen atoms in total. The highest BCUT2D eigenvalue weighted by Gasteiger charge is 2.28. The van der Waals surface area contributed by atoms with E-state index in [2.05, 4.69) is 30.2 Å². The Hall–Kier alpha value is -2.08. The van der Waals surface area contributed by atoms with Crippen molar-refractivity contribution >= 4 is 16.7 Å². The third-order valence-corrected chi connectivity index (χ3v) is 4.69. The minimum Gasteiger partial charge on any atom is -0.366 e. The van der Waals surface area contributed by atoms with Crippen LogP contribution < -0.4 is 5.32 Å². The van der Waals surface area contributed by atoms with Gasteiger partial charge in [-0.1, -0.05) is 38.5 Å². The van der Waals surface area contributed by atoms with Gasteiger partial charge in [0.1, 0.15) is 11.9 Å². The minimum atomic E-state index is 0.402. The maximum absolute atomic E-state index is 9.41. The normalized spacial score (nSPS) is 25.5. The van der Waals surface area contributed by atoms with E-state index in [-0.39, 0.29) is 0 Å². The molecule has 1 aromatic heterocycles. The molecule has 0 radical (unpaired) electrons. The zero-order valence-corrected chi connectivity index (χ0v) is 12.6. The lowest BCUT2D eigenvalue weighted by molar-refractivity contribution is 0.267. The molecule has 1 aliphatic rings. The molecule has 21 heavy (non-hydrogen) atoms. The number of rotatable bonds is 2. The van der Waals surface area contributed by atoms with E-state index in [1.807, 2.05) is 30.3 Å². The number of fused-ring (bicyclic) bond motifs is 1. The average Bonchev–Trinajstić information content (AvgIpc) is 2.50. The number of hydrogen-bond donors (Lipinski definition) is 1. The van der Waals surface area contributed by atoms with E-state index in [0.717, 1.165) is 16.7 Å². The van der Waals surface area contributed by atoms with Crippen LogP contribution in [-0.2, 0) is 0 Å². The van der Waals surface area contributed by atoms with Gasteiger partial charge < -0.3 is 5.32 Å². The van der Waals surface area contributed by atoms with Gasteiger partial charge in [-0.3, -0.25) is 0 Å². The van der Waals surface area contributed by atoms with Crippen molar-refractivity contribution in [1.82, 2.24) is 4.98 Å². The third-order valence-electron chi connectivity index (χ3n) is 4.69. The minimum absolute atomic E-state index is 0.402. The van der Waals surface area contributed by atoms with E-state index in [4.69, 9.17) is 0 Å². The lowest BCUT2D eigenvalue weighted by Crippen LogP contribution is -2.37. The lowest BCUT2D eigenvalue weighted by Gasteiger charge is -2.35. The first kappa shape index (κ1) is 13.9. The number of hydrogen-bond acceptors (Lipinski definition) is 3. The number of nitriles is 1. The summed E-state index contributed by atoms with van der Waals surface area (Å²) in [5.74, 6) is 1.98. The van der Waals surface area contributed by atoms with Gasteiger partial charge in [0, 0.05) is 11.4 Å². The monoisotopic (exact) mass is 279 g/mol. The maximum atomic E-state index is 9.41. The summed E-state index contributed by atoms with van der Waals surface area (Å²) in [6.07, 6.45) is 3.80. The van der Waals surface area contributed by atoms with Crippen LogP contribution in [0.25, 0.3) is 10.9 Å². The molecule has 2 aromatic rings. The Morgan fingerprint density at radius 2 is 1.90 bits per heavy atom.